The number of hydrogen-bond acceptors (Lipinski definition) is 1. The van der Waals surface area contributed by atoms with Gasteiger partial charge in [-0.2, -0.15) is 0 Å². The molecule has 1 nitrogen and oxygen atoms in total. The molecule has 15 heavy (non-hydrogen) atoms. The van der Waals surface area contributed by atoms with Crippen LogP contribution in [0.2, 0.25) is 0 Å². The highest BCUT2D eigenvalue weighted by molar-refractivity contribution is 5.23. The smallest absolute Gasteiger partial charge is 0.0825 e. The molecule has 2 atom stereocenters. The van der Waals surface area contributed by atoms with Gasteiger partial charge in [-0.25, -0.2) is 0 Å². The largest absolute Gasteiger partial charge is 0.373 e. The molecule has 80 valence electrons. The topological polar surface area (TPSA) is 9.23 Å². The van der Waals surface area contributed by atoms with Crippen LogP contribution in [0.3, 0.4) is 0 Å². The Morgan fingerprint density at radius 1 is 1.27 bits per heavy atom. The molecule has 0 aliphatic carbocycles. The van der Waals surface area contributed by atoms with Crippen molar-refractivity contribution >= 4 is 0 Å². The Bertz CT molecular complexity index is 318. The summed E-state index contributed by atoms with van der Waals surface area (Å²) in [6, 6.07) is 8.65. The summed E-state index contributed by atoms with van der Waals surface area (Å²) in [5, 5.41) is 0. The summed E-state index contributed by atoms with van der Waals surface area (Å²) in [5.74, 6) is 0.548. The lowest BCUT2D eigenvalue weighted by Crippen LogP contribution is -2.19. The minimum absolute atomic E-state index is 0.293. The van der Waals surface area contributed by atoms with E-state index in [2.05, 4.69) is 37.8 Å². The molecule has 1 heteroatoms. The predicted octanol–water partition coefficient (Wildman–Crippen LogP) is 3.65. The lowest BCUT2D eigenvalue weighted by molar-refractivity contribution is -0.00514. The van der Waals surface area contributed by atoms with Gasteiger partial charge < -0.3 is 4.74 Å². The predicted molar refractivity (Wildman–Crippen MR) is 62.8 cm³/mol. The van der Waals surface area contributed by atoms with Gasteiger partial charge in [-0.1, -0.05) is 35.9 Å². The Morgan fingerprint density at radius 2 is 2.00 bits per heavy atom. The second-order valence-electron chi connectivity index (χ2n) is 4.31. The third-order valence-corrected chi connectivity index (χ3v) is 3.09. The van der Waals surface area contributed by atoms with Crippen LogP contribution >= 0.6 is 0 Å². The maximum absolute atomic E-state index is 5.84. The summed E-state index contributed by atoms with van der Waals surface area (Å²) in [6.07, 6.45) is 4.61. The minimum atomic E-state index is 0.293. The summed E-state index contributed by atoms with van der Waals surface area (Å²) in [7, 11) is 0. The highest BCUT2D eigenvalue weighted by Gasteiger charge is 2.20. The van der Waals surface area contributed by atoms with Crippen LogP contribution in [0.4, 0.5) is 0 Å². The zero-order valence-electron chi connectivity index (χ0n) is 9.28. The third-order valence-electron chi connectivity index (χ3n) is 3.09. The molecular formula is C14H18O. The maximum atomic E-state index is 5.84. The quantitative estimate of drug-likeness (QED) is 0.665. The molecule has 1 aromatic rings. The van der Waals surface area contributed by atoms with Gasteiger partial charge in [0.15, 0.2) is 0 Å². The van der Waals surface area contributed by atoms with E-state index in [1.165, 1.54) is 17.5 Å². The molecule has 0 aromatic heterocycles. The Morgan fingerprint density at radius 3 is 2.53 bits per heavy atom. The van der Waals surface area contributed by atoms with Crippen LogP contribution in [-0.2, 0) is 4.74 Å². The van der Waals surface area contributed by atoms with Crippen molar-refractivity contribution in [3.63, 3.8) is 0 Å². The van der Waals surface area contributed by atoms with Gasteiger partial charge in [0.05, 0.1) is 12.7 Å². The normalized spacial score (nSPS) is 26.2. The molecule has 0 saturated carbocycles. The average Bonchev–Trinajstić information content (AvgIpc) is 2.30. The molecule has 0 spiro atoms. The van der Waals surface area contributed by atoms with Crippen molar-refractivity contribution in [2.75, 3.05) is 6.61 Å². The zero-order chi connectivity index (χ0) is 10.7. The molecule has 1 fully saturated rings. The van der Waals surface area contributed by atoms with Crippen LogP contribution in [-0.4, -0.2) is 6.61 Å². The fourth-order valence-electron chi connectivity index (χ4n) is 2.00. The van der Waals surface area contributed by atoms with Gasteiger partial charge in [-0.3, -0.25) is 0 Å². The SMILES string of the molecule is C=CC1CCC(c2ccc(C)cc2)OC1. The molecule has 1 saturated heterocycles. The second kappa shape index (κ2) is 4.63. The Hall–Kier alpha value is -1.08. The summed E-state index contributed by atoms with van der Waals surface area (Å²) < 4.78 is 5.84. The van der Waals surface area contributed by atoms with Crippen LogP contribution in [0.15, 0.2) is 36.9 Å². The number of aryl methyl sites for hydroxylation is 1. The molecule has 0 N–H and O–H groups in total. The van der Waals surface area contributed by atoms with Gasteiger partial charge >= 0.3 is 0 Å². The van der Waals surface area contributed by atoms with Crippen molar-refractivity contribution in [3.8, 4) is 0 Å². The van der Waals surface area contributed by atoms with Crippen LogP contribution in [0.1, 0.15) is 30.1 Å². The molecule has 1 heterocycles. The van der Waals surface area contributed by atoms with Crippen molar-refractivity contribution in [1.29, 1.82) is 0 Å². The summed E-state index contributed by atoms with van der Waals surface area (Å²) in [4.78, 5) is 0. The zero-order valence-corrected chi connectivity index (χ0v) is 9.28. The first-order chi connectivity index (χ1) is 7.29. The molecule has 2 unspecified atom stereocenters. The van der Waals surface area contributed by atoms with E-state index < -0.39 is 0 Å². The van der Waals surface area contributed by atoms with Crippen molar-refractivity contribution < 1.29 is 4.74 Å². The molecular weight excluding hydrogens is 184 g/mol. The Kier molecular flexibility index (Phi) is 3.22. The van der Waals surface area contributed by atoms with Crippen LogP contribution in [0, 0.1) is 12.8 Å². The first-order valence-electron chi connectivity index (χ1n) is 5.60. The highest BCUT2D eigenvalue weighted by atomic mass is 16.5. The molecule has 0 bridgehead atoms. The van der Waals surface area contributed by atoms with Gasteiger partial charge in [-0.05, 0) is 25.3 Å². The van der Waals surface area contributed by atoms with E-state index in [0.717, 1.165) is 13.0 Å². The Labute approximate surface area is 91.8 Å². The standard InChI is InChI=1S/C14H18O/c1-3-12-6-9-14(15-10-12)13-7-4-11(2)5-8-13/h3-5,7-8,12,14H,1,6,9-10H2,2H3. The van der Waals surface area contributed by atoms with Gasteiger partial charge in [-0.15, -0.1) is 6.58 Å². The van der Waals surface area contributed by atoms with E-state index in [-0.39, 0.29) is 0 Å². The van der Waals surface area contributed by atoms with E-state index in [0.29, 0.717) is 12.0 Å². The van der Waals surface area contributed by atoms with Crippen molar-refractivity contribution in [2.45, 2.75) is 25.9 Å². The molecule has 0 amide bonds. The minimum Gasteiger partial charge on any atom is -0.373 e. The molecule has 1 aliphatic heterocycles. The maximum Gasteiger partial charge on any atom is 0.0825 e. The van der Waals surface area contributed by atoms with E-state index in [4.69, 9.17) is 4.74 Å². The molecule has 2 rings (SSSR count). The second-order valence-corrected chi connectivity index (χ2v) is 4.31. The lowest BCUT2D eigenvalue weighted by atomic mass is 9.94. The summed E-state index contributed by atoms with van der Waals surface area (Å²) in [5.41, 5.74) is 2.61. The molecule has 1 aliphatic rings. The molecule has 0 radical (unpaired) electrons. The van der Waals surface area contributed by atoms with Crippen LogP contribution in [0.25, 0.3) is 0 Å². The van der Waals surface area contributed by atoms with E-state index in [9.17, 15) is 0 Å². The van der Waals surface area contributed by atoms with Crippen molar-refractivity contribution in [3.05, 3.63) is 48.0 Å². The highest BCUT2D eigenvalue weighted by Crippen LogP contribution is 2.30. The first kappa shape index (κ1) is 10.4. The van der Waals surface area contributed by atoms with Crippen molar-refractivity contribution in [2.24, 2.45) is 5.92 Å². The fourth-order valence-corrected chi connectivity index (χ4v) is 2.00. The average molecular weight is 202 g/mol. The van der Waals surface area contributed by atoms with E-state index >= 15 is 0 Å². The monoisotopic (exact) mass is 202 g/mol. The summed E-state index contributed by atoms with van der Waals surface area (Å²) >= 11 is 0. The number of ether oxygens (including phenoxy) is 1. The summed E-state index contributed by atoms with van der Waals surface area (Å²) in [6.45, 7) is 6.75. The van der Waals surface area contributed by atoms with Crippen LogP contribution < -0.4 is 0 Å². The lowest BCUT2D eigenvalue weighted by Gasteiger charge is -2.27. The number of hydrogen-bond donors (Lipinski definition) is 0. The Balaban J connectivity index is 2.01. The molecule has 1 aromatic carbocycles. The van der Waals surface area contributed by atoms with E-state index in [1.54, 1.807) is 0 Å². The first-order valence-corrected chi connectivity index (χ1v) is 5.60. The van der Waals surface area contributed by atoms with Crippen molar-refractivity contribution in [1.82, 2.24) is 0 Å². The fraction of sp³-hybridized carbons (Fsp3) is 0.429. The van der Waals surface area contributed by atoms with Crippen LogP contribution in [0.5, 0.6) is 0 Å². The van der Waals surface area contributed by atoms with E-state index in [1.807, 2.05) is 6.08 Å². The van der Waals surface area contributed by atoms with Gasteiger partial charge in [0.25, 0.3) is 0 Å². The third kappa shape index (κ3) is 2.48. The number of benzene rings is 1. The van der Waals surface area contributed by atoms with Gasteiger partial charge in [0.2, 0.25) is 0 Å². The number of rotatable bonds is 2. The van der Waals surface area contributed by atoms with Gasteiger partial charge in [0.1, 0.15) is 0 Å². The van der Waals surface area contributed by atoms with Gasteiger partial charge in [0, 0.05) is 5.92 Å².